The summed E-state index contributed by atoms with van der Waals surface area (Å²) in [4.78, 5) is 38.0. The van der Waals surface area contributed by atoms with Crippen LogP contribution in [0.3, 0.4) is 0 Å². The number of Topliss-reactive ketones (excluding diaryl/α,β-unsaturated/α-hetero) is 1. The molecule has 3 aromatic rings. The van der Waals surface area contributed by atoms with E-state index < -0.39 is 5.97 Å². The van der Waals surface area contributed by atoms with Gasteiger partial charge < -0.3 is 9.64 Å². The van der Waals surface area contributed by atoms with Crippen LogP contribution < -0.4 is 4.90 Å². The summed E-state index contributed by atoms with van der Waals surface area (Å²) in [5.41, 5.74) is 2.09. The standard InChI is InChI=1S/C24H21NO4/c26-22(19-9-11-21(12-10-19)25-13-3-6-23(25)27)16-29-24(28)15-17-7-8-18-4-1-2-5-20(18)14-17/h1-2,4-5,7-12,14H,3,6,13,15-16H2. The van der Waals surface area contributed by atoms with Crippen LogP contribution in [0.5, 0.6) is 0 Å². The Morgan fingerprint density at radius 2 is 1.69 bits per heavy atom. The van der Waals surface area contributed by atoms with E-state index in [-0.39, 0.29) is 24.7 Å². The van der Waals surface area contributed by atoms with Crippen LogP contribution in [0.2, 0.25) is 0 Å². The third-order valence-electron chi connectivity index (χ3n) is 5.10. The lowest BCUT2D eigenvalue weighted by molar-refractivity contribution is -0.141. The molecular formula is C24H21NO4. The number of hydrogen-bond acceptors (Lipinski definition) is 4. The Kier molecular flexibility index (Phi) is 5.38. The quantitative estimate of drug-likeness (QED) is 0.475. The van der Waals surface area contributed by atoms with E-state index in [0.29, 0.717) is 18.5 Å². The maximum absolute atomic E-state index is 12.3. The van der Waals surface area contributed by atoms with Gasteiger partial charge in [-0.05, 0) is 47.0 Å². The summed E-state index contributed by atoms with van der Waals surface area (Å²) in [5, 5.41) is 2.17. The zero-order valence-corrected chi connectivity index (χ0v) is 16.0. The molecule has 0 N–H and O–H groups in total. The lowest BCUT2D eigenvalue weighted by atomic mass is 10.1. The van der Waals surface area contributed by atoms with Gasteiger partial charge in [0.1, 0.15) is 0 Å². The van der Waals surface area contributed by atoms with Crippen molar-refractivity contribution >= 4 is 34.1 Å². The number of anilines is 1. The van der Waals surface area contributed by atoms with Gasteiger partial charge in [0, 0.05) is 24.2 Å². The minimum atomic E-state index is -0.437. The molecule has 0 radical (unpaired) electrons. The Morgan fingerprint density at radius 3 is 2.41 bits per heavy atom. The van der Waals surface area contributed by atoms with E-state index in [4.69, 9.17) is 4.74 Å². The van der Waals surface area contributed by atoms with Crippen LogP contribution >= 0.6 is 0 Å². The molecule has 0 aromatic heterocycles. The summed E-state index contributed by atoms with van der Waals surface area (Å²) in [6, 6.07) is 20.6. The molecule has 146 valence electrons. The van der Waals surface area contributed by atoms with Gasteiger partial charge in [0.25, 0.3) is 0 Å². The molecular weight excluding hydrogens is 366 g/mol. The first-order valence-electron chi connectivity index (χ1n) is 9.67. The van der Waals surface area contributed by atoms with Gasteiger partial charge in [0.15, 0.2) is 12.4 Å². The van der Waals surface area contributed by atoms with Crippen molar-refractivity contribution in [2.45, 2.75) is 19.3 Å². The lowest BCUT2D eigenvalue weighted by Crippen LogP contribution is -2.23. The number of esters is 1. The molecule has 0 saturated carbocycles. The van der Waals surface area contributed by atoms with Crippen molar-refractivity contribution in [3.63, 3.8) is 0 Å². The van der Waals surface area contributed by atoms with Gasteiger partial charge in [-0.1, -0.05) is 42.5 Å². The molecule has 1 amide bonds. The van der Waals surface area contributed by atoms with Crippen molar-refractivity contribution in [1.82, 2.24) is 0 Å². The van der Waals surface area contributed by atoms with Crippen LogP contribution in [0.15, 0.2) is 66.7 Å². The highest BCUT2D eigenvalue weighted by atomic mass is 16.5. The minimum absolute atomic E-state index is 0.103. The molecule has 0 spiro atoms. The van der Waals surface area contributed by atoms with Crippen molar-refractivity contribution in [1.29, 1.82) is 0 Å². The van der Waals surface area contributed by atoms with Gasteiger partial charge in [-0.3, -0.25) is 14.4 Å². The smallest absolute Gasteiger partial charge is 0.310 e. The predicted molar refractivity (Wildman–Crippen MR) is 111 cm³/mol. The summed E-state index contributed by atoms with van der Waals surface area (Å²) in [6.45, 7) is 0.410. The van der Waals surface area contributed by atoms with Crippen molar-refractivity contribution in [2.75, 3.05) is 18.1 Å². The molecule has 0 atom stereocenters. The number of fused-ring (bicyclic) bond motifs is 1. The van der Waals surface area contributed by atoms with Gasteiger partial charge in [0.05, 0.1) is 6.42 Å². The van der Waals surface area contributed by atoms with E-state index in [1.54, 1.807) is 29.2 Å². The first-order chi connectivity index (χ1) is 14.1. The summed E-state index contributed by atoms with van der Waals surface area (Å²) < 4.78 is 5.17. The molecule has 29 heavy (non-hydrogen) atoms. The molecule has 1 heterocycles. The number of hydrogen-bond donors (Lipinski definition) is 0. The molecule has 4 rings (SSSR count). The summed E-state index contributed by atoms with van der Waals surface area (Å²) in [6.07, 6.45) is 1.54. The third-order valence-corrected chi connectivity index (χ3v) is 5.10. The minimum Gasteiger partial charge on any atom is -0.457 e. The second-order valence-electron chi connectivity index (χ2n) is 7.14. The van der Waals surface area contributed by atoms with E-state index >= 15 is 0 Å². The number of ether oxygens (including phenoxy) is 1. The fourth-order valence-electron chi connectivity index (χ4n) is 3.54. The molecule has 5 nitrogen and oxygen atoms in total. The maximum Gasteiger partial charge on any atom is 0.310 e. The van der Waals surface area contributed by atoms with Gasteiger partial charge >= 0.3 is 5.97 Å². The highest BCUT2D eigenvalue weighted by molar-refractivity contribution is 5.99. The van der Waals surface area contributed by atoms with Gasteiger partial charge in [-0.25, -0.2) is 0 Å². The number of ketones is 1. The second kappa shape index (κ2) is 8.27. The van der Waals surface area contributed by atoms with Crippen LogP contribution in [0.4, 0.5) is 5.69 Å². The second-order valence-corrected chi connectivity index (χ2v) is 7.14. The molecule has 1 saturated heterocycles. The van der Waals surface area contributed by atoms with E-state index in [1.807, 2.05) is 42.5 Å². The molecule has 0 bridgehead atoms. The Balaban J connectivity index is 1.32. The molecule has 3 aromatic carbocycles. The lowest BCUT2D eigenvalue weighted by Gasteiger charge is -2.15. The zero-order chi connectivity index (χ0) is 20.2. The molecule has 1 fully saturated rings. The highest BCUT2D eigenvalue weighted by Gasteiger charge is 2.21. The monoisotopic (exact) mass is 387 g/mol. The van der Waals surface area contributed by atoms with Gasteiger partial charge in [-0.2, -0.15) is 0 Å². The summed E-state index contributed by atoms with van der Waals surface area (Å²) in [5.74, 6) is -0.601. The Labute approximate surface area is 168 Å². The number of benzene rings is 3. The van der Waals surface area contributed by atoms with Gasteiger partial charge in [-0.15, -0.1) is 0 Å². The Bertz CT molecular complexity index is 1070. The average Bonchev–Trinajstić information content (AvgIpc) is 3.18. The molecule has 1 aliphatic rings. The predicted octanol–water partition coefficient (Wildman–Crippen LogP) is 3.94. The number of carbonyl (C=O) groups is 3. The SMILES string of the molecule is O=C(Cc1ccc2ccccc2c1)OCC(=O)c1ccc(N2CCCC2=O)cc1. The molecule has 0 unspecified atom stereocenters. The largest absolute Gasteiger partial charge is 0.457 e. The molecule has 1 aliphatic heterocycles. The van der Waals surface area contributed by atoms with E-state index in [9.17, 15) is 14.4 Å². The van der Waals surface area contributed by atoms with Crippen molar-refractivity contribution in [3.05, 3.63) is 77.9 Å². The highest BCUT2D eigenvalue weighted by Crippen LogP contribution is 2.22. The summed E-state index contributed by atoms with van der Waals surface area (Å²) >= 11 is 0. The van der Waals surface area contributed by atoms with Crippen LogP contribution in [0, 0.1) is 0 Å². The van der Waals surface area contributed by atoms with Crippen molar-refractivity contribution in [3.8, 4) is 0 Å². The number of amides is 1. The Hall–Kier alpha value is -3.47. The fraction of sp³-hybridized carbons (Fsp3) is 0.208. The maximum atomic E-state index is 12.3. The fourth-order valence-corrected chi connectivity index (χ4v) is 3.54. The van der Waals surface area contributed by atoms with Crippen LogP contribution in [-0.4, -0.2) is 30.8 Å². The number of rotatable bonds is 6. The number of carbonyl (C=O) groups excluding carboxylic acids is 3. The number of nitrogens with zero attached hydrogens (tertiary/aromatic N) is 1. The normalized spacial score (nSPS) is 13.7. The molecule has 5 heteroatoms. The van der Waals surface area contributed by atoms with E-state index in [1.165, 1.54) is 0 Å². The van der Waals surface area contributed by atoms with Crippen molar-refractivity contribution in [2.24, 2.45) is 0 Å². The Morgan fingerprint density at radius 1 is 0.931 bits per heavy atom. The summed E-state index contributed by atoms with van der Waals surface area (Å²) in [7, 11) is 0. The zero-order valence-electron chi connectivity index (χ0n) is 16.0. The van der Waals surface area contributed by atoms with E-state index in [0.717, 1.165) is 28.4 Å². The first kappa shape index (κ1) is 18.9. The third kappa shape index (κ3) is 4.35. The van der Waals surface area contributed by atoms with Gasteiger partial charge in [0.2, 0.25) is 5.91 Å². The van der Waals surface area contributed by atoms with Crippen LogP contribution in [0.1, 0.15) is 28.8 Å². The average molecular weight is 387 g/mol. The van der Waals surface area contributed by atoms with E-state index in [2.05, 4.69) is 0 Å². The first-order valence-corrected chi connectivity index (χ1v) is 9.67. The molecule has 0 aliphatic carbocycles. The van der Waals surface area contributed by atoms with Crippen LogP contribution in [-0.2, 0) is 20.7 Å². The topological polar surface area (TPSA) is 63.7 Å². The van der Waals surface area contributed by atoms with Crippen LogP contribution in [0.25, 0.3) is 10.8 Å². The van der Waals surface area contributed by atoms with Crippen molar-refractivity contribution < 1.29 is 19.1 Å².